The molecule has 1 aliphatic heterocycles. The van der Waals surface area contributed by atoms with Crippen molar-refractivity contribution in [3.8, 4) is 17.2 Å². The fourth-order valence-corrected chi connectivity index (χ4v) is 5.54. The van der Waals surface area contributed by atoms with Gasteiger partial charge in [0.2, 0.25) is 6.79 Å². The van der Waals surface area contributed by atoms with Gasteiger partial charge in [0.05, 0.1) is 22.1 Å². The normalized spacial score (nSPS) is 15.4. The topological polar surface area (TPSA) is 74.9 Å². The Morgan fingerprint density at radius 1 is 1.05 bits per heavy atom. The Bertz CT molecular complexity index is 1600. The van der Waals surface area contributed by atoms with E-state index in [-0.39, 0.29) is 18.3 Å². The summed E-state index contributed by atoms with van der Waals surface area (Å²) < 4.78 is 19.0. The summed E-state index contributed by atoms with van der Waals surface area (Å²) in [5.74, 6) is 2.92. The van der Waals surface area contributed by atoms with Gasteiger partial charge in [0.1, 0.15) is 18.2 Å². The molecule has 4 aromatic rings. The first-order valence-electron chi connectivity index (χ1n) is 12.6. The molecule has 0 radical (unpaired) electrons. The lowest BCUT2D eigenvalue weighted by molar-refractivity contribution is 0.174. The van der Waals surface area contributed by atoms with Crippen LogP contribution in [0.4, 0.5) is 0 Å². The highest BCUT2D eigenvalue weighted by Crippen LogP contribution is 2.34. The highest BCUT2D eigenvalue weighted by atomic mass is 79.9. The minimum absolute atomic E-state index is 0.178. The van der Waals surface area contributed by atoms with Crippen LogP contribution in [0.15, 0.2) is 69.0 Å². The third-order valence-electron chi connectivity index (χ3n) is 6.91. The fourth-order valence-electron chi connectivity index (χ4n) is 4.93. The van der Waals surface area contributed by atoms with Gasteiger partial charge in [-0.05, 0) is 72.5 Å². The maximum absolute atomic E-state index is 13.5. The third kappa shape index (κ3) is 5.15. The molecule has 3 aromatic carbocycles. The maximum Gasteiger partial charge on any atom is 0.282 e. The number of halogens is 2. The number of hydrogen-bond acceptors (Lipinski definition) is 6. The van der Waals surface area contributed by atoms with Crippen molar-refractivity contribution in [3.05, 3.63) is 91.4 Å². The Labute approximate surface area is 233 Å². The zero-order valence-corrected chi connectivity index (χ0v) is 22.9. The van der Waals surface area contributed by atoms with Crippen LogP contribution >= 0.6 is 27.5 Å². The van der Waals surface area contributed by atoms with Crippen LogP contribution in [-0.4, -0.2) is 22.7 Å². The van der Waals surface area contributed by atoms with Gasteiger partial charge in [0.25, 0.3) is 5.56 Å². The Balaban J connectivity index is 1.26. The summed E-state index contributed by atoms with van der Waals surface area (Å²) in [6.07, 6.45) is 7.13. The Morgan fingerprint density at radius 2 is 1.89 bits per heavy atom. The van der Waals surface area contributed by atoms with Gasteiger partial charge in [-0.25, -0.2) is 4.98 Å². The van der Waals surface area contributed by atoms with Gasteiger partial charge in [-0.15, -0.1) is 0 Å². The number of hydrogen-bond donors (Lipinski definition) is 0. The number of aromatic nitrogens is 2. The number of ether oxygens (including phenoxy) is 3. The molecule has 0 bridgehead atoms. The molecule has 2 heterocycles. The second kappa shape index (κ2) is 10.8. The van der Waals surface area contributed by atoms with E-state index in [0.29, 0.717) is 34.0 Å². The van der Waals surface area contributed by atoms with E-state index in [2.05, 4.69) is 21.0 Å². The first kappa shape index (κ1) is 24.9. The van der Waals surface area contributed by atoms with Crippen LogP contribution in [0.1, 0.15) is 55.0 Å². The number of rotatable bonds is 6. The van der Waals surface area contributed by atoms with Crippen LogP contribution in [0, 0.1) is 0 Å². The Hall–Kier alpha value is -3.36. The molecule has 1 fully saturated rings. The van der Waals surface area contributed by atoms with Crippen molar-refractivity contribution < 1.29 is 14.2 Å². The van der Waals surface area contributed by atoms with Crippen LogP contribution in [0.2, 0.25) is 5.02 Å². The summed E-state index contributed by atoms with van der Waals surface area (Å²) in [6, 6.07) is 16.7. The van der Waals surface area contributed by atoms with Gasteiger partial charge in [-0.3, -0.25) is 4.79 Å². The van der Waals surface area contributed by atoms with Crippen LogP contribution in [0.5, 0.6) is 17.2 Å². The summed E-state index contributed by atoms with van der Waals surface area (Å²) >= 11 is 10.00. The van der Waals surface area contributed by atoms with E-state index in [1.165, 1.54) is 11.1 Å². The van der Waals surface area contributed by atoms with Crippen molar-refractivity contribution in [1.29, 1.82) is 0 Å². The van der Waals surface area contributed by atoms with Crippen LogP contribution < -0.4 is 19.8 Å². The smallest absolute Gasteiger partial charge is 0.282 e. The fraction of sp³-hybridized carbons (Fsp3) is 0.276. The lowest BCUT2D eigenvalue weighted by atomic mass is 9.88. The lowest BCUT2D eigenvalue weighted by Gasteiger charge is -2.22. The molecule has 1 aromatic heterocycles. The summed E-state index contributed by atoms with van der Waals surface area (Å²) in [6.45, 7) is 0.567. The maximum atomic E-state index is 13.5. The Morgan fingerprint density at radius 3 is 2.74 bits per heavy atom. The largest absolute Gasteiger partial charge is 0.487 e. The lowest BCUT2D eigenvalue weighted by Crippen LogP contribution is -2.25. The summed E-state index contributed by atoms with van der Waals surface area (Å²) in [5, 5.41) is 5.59. The van der Waals surface area contributed by atoms with E-state index >= 15 is 0 Å². The zero-order valence-electron chi connectivity index (χ0n) is 20.5. The molecule has 7 nitrogen and oxygen atoms in total. The van der Waals surface area contributed by atoms with E-state index in [1.54, 1.807) is 24.4 Å². The molecule has 0 spiro atoms. The number of nitrogens with zero attached hydrogens (tertiary/aromatic N) is 3. The zero-order chi connectivity index (χ0) is 26.1. The van der Waals surface area contributed by atoms with Crippen LogP contribution in [0.3, 0.4) is 0 Å². The average molecular weight is 595 g/mol. The molecule has 9 heteroatoms. The van der Waals surface area contributed by atoms with Crippen molar-refractivity contribution in [2.24, 2.45) is 5.10 Å². The molecule has 38 heavy (non-hydrogen) atoms. The molecular formula is C29H25BrClN3O4. The van der Waals surface area contributed by atoms with Crippen molar-refractivity contribution in [2.45, 2.75) is 44.6 Å². The standard InChI is InChI=1S/C29H25BrClN3O4/c30-21-8-9-24-22(14-21)29(35)34(28(33-24)20-4-2-1-3-5-20)32-15-18-6-10-25(23(31)12-18)36-16-19-7-11-26-27(13-19)38-17-37-26/h6-15,20H,1-5,16-17H2. The molecule has 0 atom stereocenters. The monoisotopic (exact) mass is 593 g/mol. The molecule has 2 aliphatic rings. The second-order valence-corrected chi connectivity index (χ2v) is 10.8. The van der Waals surface area contributed by atoms with E-state index < -0.39 is 0 Å². The molecule has 1 saturated carbocycles. The van der Waals surface area contributed by atoms with Crippen LogP contribution in [-0.2, 0) is 6.61 Å². The van der Waals surface area contributed by atoms with Crippen molar-refractivity contribution in [2.75, 3.05) is 6.79 Å². The van der Waals surface area contributed by atoms with Gasteiger partial charge >= 0.3 is 0 Å². The van der Waals surface area contributed by atoms with E-state index in [0.717, 1.165) is 52.9 Å². The summed E-state index contributed by atoms with van der Waals surface area (Å²) in [5.41, 5.74) is 2.21. The predicted molar refractivity (Wildman–Crippen MR) is 151 cm³/mol. The van der Waals surface area contributed by atoms with Gasteiger partial charge in [-0.1, -0.05) is 52.9 Å². The molecule has 0 unspecified atom stereocenters. The van der Waals surface area contributed by atoms with Gasteiger partial charge in [0.15, 0.2) is 11.5 Å². The molecule has 0 saturated heterocycles. The van der Waals surface area contributed by atoms with Crippen LogP contribution in [0.25, 0.3) is 10.9 Å². The van der Waals surface area contributed by atoms with Crippen molar-refractivity contribution in [3.63, 3.8) is 0 Å². The third-order valence-corrected chi connectivity index (χ3v) is 7.70. The quantitative estimate of drug-likeness (QED) is 0.224. The highest BCUT2D eigenvalue weighted by Gasteiger charge is 2.22. The van der Waals surface area contributed by atoms with Crippen molar-refractivity contribution in [1.82, 2.24) is 9.66 Å². The molecule has 0 amide bonds. The predicted octanol–water partition coefficient (Wildman–Crippen LogP) is 7.05. The number of benzene rings is 3. The first-order chi connectivity index (χ1) is 18.5. The van der Waals surface area contributed by atoms with Gasteiger partial charge in [0, 0.05) is 10.4 Å². The van der Waals surface area contributed by atoms with E-state index in [1.807, 2.05) is 36.4 Å². The first-order valence-corrected chi connectivity index (χ1v) is 13.8. The molecule has 1 aliphatic carbocycles. The highest BCUT2D eigenvalue weighted by molar-refractivity contribution is 9.10. The average Bonchev–Trinajstić information content (AvgIpc) is 3.41. The number of fused-ring (bicyclic) bond motifs is 2. The summed E-state index contributed by atoms with van der Waals surface area (Å²) in [4.78, 5) is 18.4. The van der Waals surface area contributed by atoms with Gasteiger partial charge < -0.3 is 14.2 Å². The SMILES string of the molecule is O=c1c2cc(Br)ccc2nc(C2CCCCC2)n1N=Cc1ccc(OCc2ccc3c(c2)OCO3)c(Cl)c1. The molecule has 0 N–H and O–H groups in total. The second-order valence-electron chi connectivity index (χ2n) is 9.49. The minimum atomic E-state index is -0.178. The van der Waals surface area contributed by atoms with E-state index in [4.69, 9.17) is 30.8 Å². The molecular weight excluding hydrogens is 570 g/mol. The summed E-state index contributed by atoms with van der Waals surface area (Å²) in [7, 11) is 0. The minimum Gasteiger partial charge on any atom is -0.487 e. The Kier molecular flexibility index (Phi) is 7.08. The van der Waals surface area contributed by atoms with Gasteiger partial charge in [-0.2, -0.15) is 9.78 Å². The van der Waals surface area contributed by atoms with Crippen molar-refractivity contribution >= 4 is 44.6 Å². The molecule has 194 valence electrons. The molecule has 6 rings (SSSR count). The van der Waals surface area contributed by atoms with E-state index in [9.17, 15) is 4.79 Å².